The van der Waals surface area contributed by atoms with Crippen LogP contribution in [0.15, 0.2) is 23.4 Å². The van der Waals surface area contributed by atoms with Crippen LogP contribution in [0, 0.1) is 10.1 Å². The SMILES string of the molecule is CS(=O)(=O)c1ccc([N+](=O)[O-])c(NCc2cnc(Cl)s2)n1. The lowest BCUT2D eigenvalue weighted by Crippen LogP contribution is -2.08. The van der Waals surface area contributed by atoms with Crippen LogP contribution >= 0.6 is 22.9 Å². The minimum atomic E-state index is -3.55. The van der Waals surface area contributed by atoms with Gasteiger partial charge in [0.05, 0.1) is 11.5 Å². The number of nitro groups is 1. The van der Waals surface area contributed by atoms with Gasteiger partial charge in [0, 0.05) is 23.4 Å². The fourth-order valence-corrected chi connectivity index (χ4v) is 2.94. The average molecular weight is 349 g/mol. The van der Waals surface area contributed by atoms with Gasteiger partial charge < -0.3 is 5.32 Å². The number of pyridine rings is 1. The Balaban J connectivity index is 2.32. The molecule has 0 unspecified atom stereocenters. The first kappa shape index (κ1) is 15.6. The summed E-state index contributed by atoms with van der Waals surface area (Å²) in [4.78, 5) is 18.7. The fourth-order valence-electron chi connectivity index (χ4n) is 1.45. The smallest absolute Gasteiger partial charge is 0.311 e. The summed E-state index contributed by atoms with van der Waals surface area (Å²) in [5.41, 5.74) is -0.307. The van der Waals surface area contributed by atoms with Gasteiger partial charge in [0.2, 0.25) is 5.82 Å². The van der Waals surface area contributed by atoms with E-state index in [4.69, 9.17) is 11.6 Å². The van der Waals surface area contributed by atoms with E-state index in [1.54, 1.807) is 0 Å². The zero-order valence-electron chi connectivity index (χ0n) is 10.6. The Kier molecular flexibility index (Phi) is 4.40. The van der Waals surface area contributed by atoms with Crippen molar-refractivity contribution < 1.29 is 13.3 Å². The average Bonchev–Trinajstić information content (AvgIpc) is 2.80. The van der Waals surface area contributed by atoms with Gasteiger partial charge in [0.1, 0.15) is 0 Å². The van der Waals surface area contributed by atoms with Crippen LogP contribution in [-0.2, 0) is 16.4 Å². The molecule has 0 aliphatic heterocycles. The van der Waals surface area contributed by atoms with Gasteiger partial charge in [0.25, 0.3) is 0 Å². The number of halogens is 1. The van der Waals surface area contributed by atoms with Crippen molar-refractivity contribution in [3.63, 3.8) is 0 Å². The van der Waals surface area contributed by atoms with E-state index in [1.165, 1.54) is 17.5 Å². The van der Waals surface area contributed by atoms with Crippen LogP contribution in [0.1, 0.15) is 4.88 Å². The van der Waals surface area contributed by atoms with Crippen molar-refractivity contribution in [3.05, 3.63) is 37.8 Å². The van der Waals surface area contributed by atoms with Gasteiger partial charge in [-0.25, -0.2) is 18.4 Å². The zero-order valence-corrected chi connectivity index (χ0v) is 13.0. The van der Waals surface area contributed by atoms with Gasteiger partial charge in [-0.3, -0.25) is 10.1 Å². The summed E-state index contributed by atoms with van der Waals surface area (Å²) in [7, 11) is -3.55. The molecule has 2 rings (SSSR count). The molecule has 8 nitrogen and oxygen atoms in total. The second kappa shape index (κ2) is 5.92. The molecule has 21 heavy (non-hydrogen) atoms. The normalized spacial score (nSPS) is 11.3. The summed E-state index contributed by atoms with van der Waals surface area (Å²) in [5, 5.41) is 13.4. The lowest BCUT2D eigenvalue weighted by atomic mass is 10.4. The molecule has 0 saturated heterocycles. The summed E-state index contributed by atoms with van der Waals surface area (Å²) < 4.78 is 23.3. The highest BCUT2D eigenvalue weighted by atomic mass is 35.5. The van der Waals surface area contributed by atoms with Crippen LogP contribution in [0.3, 0.4) is 0 Å². The van der Waals surface area contributed by atoms with Crippen molar-refractivity contribution >= 4 is 44.3 Å². The molecule has 0 saturated carbocycles. The number of aromatic nitrogens is 2. The van der Waals surface area contributed by atoms with E-state index in [-0.39, 0.29) is 23.1 Å². The second-order valence-electron chi connectivity index (χ2n) is 3.98. The first-order valence-corrected chi connectivity index (χ1v) is 8.55. The molecular weight excluding hydrogens is 340 g/mol. The molecule has 0 aliphatic rings. The zero-order chi connectivity index (χ0) is 15.6. The Morgan fingerprint density at radius 1 is 1.48 bits per heavy atom. The molecule has 0 fully saturated rings. The minimum absolute atomic E-state index is 0.118. The Morgan fingerprint density at radius 2 is 2.19 bits per heavy atom. The second-order valence-corrected chi connectivity index (χ2v) is 7.64. The predicted molar refractivity (Wildman–Crippen MR) is 78.5 cm³/mol. The molecule has 0 aliphatic carbocycles. The van der Waals surface area contributed by atoms with Crippen LogP contribution in [0.5, 0.6) is 0 Å². The molecule has 0 amide bonds. The maximum absolute atomic E-state index is 11.5. The molecule has 0 radical (unpaired) electrons. The highest BCUT2D eigenvalue weighted by Crippen LogP contribution is 2.25. The third-order valence-corrected chi connectivity index (χ3v) is 4.48. The summed E-state index contributed by atoms with van der Waals surface area (Å²) >= 11 is 6.89. The van der Waals surface area contributed by atoms with E-state index in [1.807, 2.05) is 0 Å². The van der Waals surface area contributed by atoms with Crippen LogP contribution in [0.4, 0.5) is 11.5 Å². The van der Waals surface area contributed by atoms with E-state index in [9.17, 15) is 18.5 Å². The first-order chi connectivity index (χ1) is 9.77. The van der Waals surface area contributed by atoms with E-state index in [0.29, 0.717) is 4.47 Å². The van der Waals surface area contributed by atoms with Crippen molar-refractivity contribution in [1.29, 1.82) is 0 Å². The maximum Gasteiger partial charge on any atom is 0.311 e. The Morgan fingerprint density at radius 3 is 2.71 bits per heavy atom. The number of thiazole rings is 1. The van der Waals surface area contributed by atoms with Gasteiger partial charge >= 0.3 is 5.69 Å². The molecule has 0 atom stereocenters. The molecule has 0 spiro atoms. The third kappa shape index (κ3) is 3.86. The number of hydrogen-bond acceptors (Lipinski definition) is 8. The van der Waals surface area contributed by atoms with Crippen molar-refractivity contribution in [1.82, 2.24) is 9.97 Å². The minimum Gasteiger partial charge on any atom is -0.359 e. The van der Waals surface area contributed by atoms with Gasteiger partial charge in [0.15, 0.2) is 19.3 Å². The fraction of sp³-hybridized carbons (Fsp3) is 0.200. The highest BCUT2D eigenvalue weighted by Gasteiger charge is 2.19. The van der Waals surface area contributed by atoms with Gasteiger partial charge in [-0.1, -0.05) is 11.6 Å². The number of anilines is 1. The number of nitrogens with one attached hydrogen (secondary N) is 1. The number of sulfone groups is 1. The number of rotatable bonds is 5. The first-order valence-electron chi connectivity index (χ1n) is 5.47. The van der Waals surface area contributed by atoms with E-state index >= 15 is 0 Å². The van der Waals surface area contributed by atoms with Crippen molar-refractivity contribution in [3.8, 4) is 0 Å². The quantitative estimate of drug-likeness (QED) is 0.649. The van der Waals surface area contributed by atoms with E-state index in [0.717, 1.165) is 23.3 Å². The summed E-state index contributed by atoms with van der Waals surface area (Å²) in [6, 6.07) is 2.20. The summed E-state index contributed by atoms with van der Waals surface area (Å²) in [6.07, 6.45) is 2.50. The maximum atomic E-state index is 11.5. The van der Waals surface area contributed by atoms with Crippen LogP contribution < -0.4 is 5.32 Å². The summed E-state index contributed by atoms with van der Waals surface area (Å²) in [6.45, 7) is 0.200. The Labute approximate surface area is 128 Å². The van der Waals surface area contributed by atoms with Crippen molar-refractivity contribution in [2.24, 2.45) is 0 Å². The van der Waals surface area contributed by atoms with E-state index < -0.39 is 14.8 Å². The van der Waals surface area contributed by atoms with Crippen molar-refractivity contribution in [2.75, 3.05) is 11.6 Å². The monoisotopic (exact) mass is 348 g/mol. The number of hydrogen-bond donors (Lipinski definition) is 1. The topological polar surface area (TPSA) is 115 Å². The summed E-state index contributed by atoms with van der Waals surface area (Å²) in [5.74, 6) is -0.118. The van der Waals surface area contributed by atoms with E-state index in [2.05, 4.69) is 15.3 Å². The molecule has 0 bridgehead atoms. The predicted octanol–water partition coefficient (Wildman–Crippen LogP) is 2.12. The third-order valence-electron chi connectivity index (χ3n) is 2.38. The van der Waals surface area contributed by atoms with Crippen LogP contribution in [0.25, 0.3) is 0 Å². The lowest BCUT2D eigenvalue weighted by molar-refractivity contribution is -0.384. The van der Waals surface area contributed by atoms with Crippen LogP contribution in [-0.4, -0.2) is 29.6 Å². The lowest BCUT2D eigenvalue weighted by Gasteiger charge is -2.06. The standard InChI is InChI=1S/C10H9ClN4O4S2/c1-21(18,19)8-3-2-7(15(16)17)9(14-8)12-4-6-5-13-10(11)20-6/h2-3,5H,4H2,1H3,(H,12,14). The Hall–Kier alpha value is -1.78. The van der Waals surface area contributed by atoms with Gasteiger partial charge in [-0.2, -0.15) is 0 Å². The largest absolute Gasteiger partial charge is 0.359 e. The molecule has 11 heteroatoms. The molecule has 2 aromatic heterocycles. The molecule has 2 aromatic rings. The van der Waals surface area contributed by atoms with Gasteiger partial charge in [-0.05, 0) is 6.07 Å². The number of nitrogens with zero attached hydrogens (tertiary/aromatic N) is 3. The molecule has 112 valence electrons. The highest BCUT2D eigenvalue weighted by molar-refractivity contribution is 7.90. The molecule has 1 N–H and O–H groups in total. The Bertz CT molecular complexity index is 790. The van der Waals surface area contributed by atoms with Crippen molar-refractivity contribution in [2.45, 2.75) is 11.6 Å². The van der Waals surface area contributed by atoms with Crippen LogP contribution in [0.2, 0.25) is 4.47 Å². The molecule has 2 heterocycles. The van der Waals surface area contributed by atoms with Gasteiger partial charge in [-0.15, -0.1) is 11.3 Å². The molecule has 0 aromatic carbocycles. The molecular formula is C10H9ClN4O4S2.